The summed E-state index contributed by atoms with van der Waals surface area (Å²) in [6.07, 6.45) is 39.8. The first-order valence-corrected chi connectivity index (χ1v) is 21.6. The number of hydrogen-bond acceptors (Lipinski definition) is 3. The highest BCUT2D eigenvalue weighted by Crippen LogP contribution is 2.19. The van der Waals surface area contributed by atoms with Crippen LogP contribution in [0.2, 0.25) is 0 Å². The fourth-order valence-corrected chi connectivity index (χ4v) is 6.29. The standard InChI is InChI=1S/C52H84O3/c1-41(2)21-13-22-42(3)23-14-24-43(4)29-17-30-47(8)35-20-36-50(11)52(54)38-37-48(9)33-18-31-45(6)27-15-25-44(5)26-16-28-46(7)32-19-34-49(10)39-40-55-51(12)53/h21,23,26-27,29,32-33,35,39,50H,13-20,22,24-25,28,30-31,34,36-38,40H2,1-12H3. The molecule has 0 aliphatic rings. The Kier molecular flexibility index (Phi) is 31.1. The second-order valence-electron chi connectivity index (χ2n) is 16.7. The molecule has 0 N–H and O–H groups in total. The maximum atomic E-state index is 12.8. The average molecular weight is 757 g/mol. The second kappa shape index (κ2) is 33.0. The number of carbonyl (C=O) groups is 2. The topological polar surface area (TPSA) is 43.4 Å². The summed E-state index contributed by atoms with van der Waals surface area (Å²) < 4.78 is 4.98. The van der Waals surface area contributed by atoms with E-state index in [1.807, 2.05) is 6.08 Å². The van der Waals surface area contributed by atoms with Gasteiger partial charge in [-0.25, -0.2) is 0 Å². The van der Waals surface area contributed by atoms with Crippen LogP contribution < -0.4 is 0 Å². The first-order valence-electron chi connectivity index (χ1n) is 21.6. The minimum Gasteiger partial charge on any atom is -0.462 e. The zero-order chi connectivity index (χ0) is 41.4. The highest BCUT2D eigenvalue weighted by atomic mass is 16.5. The Morgan fingerprint density at radius 3 is 1.00 bits per heavy atom. The van der Waals surface area contributed by atoms with Crippen LogP contribution in [-0.4, -0.2) is 18.4 Å². The lowest BCUT2D eigenvalue weighted by Crippen LogP contribution is -2.10. The molecular weight excluding hydrogens is 673 g/mol. The fraction of sp³-hybridized carbons (Fsp3) is 0.615. The summed E-state index contributed by atoms with van der Waals surface area (Å²) in [6.45, 7) is 26.0. The summed E-state index contributed by atoms with van der Waals surface area (Å²) >= 11 is 0. The van der Waals surface area contributed by atoms with Crippen molar-refractivity contribution < 1.29 is 14.3 Å². The van der Waals surface area contributed by atoms with Crippen LogP contribution in [-0.2, 0) is 14.3 Å². The maximum absolute atomic E-state index is 12.8. The van der Waals surface area contributed by atoms with Gasteiger partial charge in [-0.15, -0.1) is 0 Å². The Morgan fingerprint density at radius 2 is 0.673 bits per heavy atom. The molecule has 0 bridgehead atoms. The molecule has 0 saturated heterocycles. The molecule has 0 rings (SSSR count). The van der Waals surface area contributed by atoms with Gasteiger partial charge in [-0.05, 0) is 184 Å². The number of ether oxygens (including phenoxy) is 1. The molecule has 310 valence electrons. The van der Waals surface area contributed by atoms with Crippen molar-refractivity contribution in [1.82, 2.24) is 0 Å². The Balaban J connectivity index is 4.28. The molecule has 55 heavy (non-hydrogen) atoms. The van der Waals surface area contributed by atoms with E-state index < -0.39 is 0 Å². The third kappa shape index (κ3) is 33.8. The summed E-state index contributed by atoms with van der Waals surface area (Å²) in [7, 11) is 0. The van der Waals surface area contributed by atoms with E-state index in [2.05, 4.69) is 125 Å². The van der Waals surface area contributed by atoms with Crippen molar-refractivity contribution in [1.29, 1.82) is 0 Å². The summed E-state index contributed by atoms with van der Waals surface area (Å²) in [4.78, 5) is 23.7. The molecule has 0 saturated carbocycles. The lowest BCUT2D eigenvalue weighted by molar-refractivity contribution is -0.139. The predicted octanol–water partition coefficient (Wildman–Crippen LogP) is 16.3. The molecule has 3 nitrogen and oxygen atoms in total. The summed E-state index contributed by atoms with van der Waals surface area (Å²) in [5.74, 6) is 0.302. The molecule has 1 atom stereocenters. The van der Waals surface area contributed by atoms with E-state index in [0.29, 0.717) is 18.8 Å². The second-order valence-corrected chi connectivity index (χ2v) is 16.7. The molecular formula is C52H84O3. The van der Waals surface area contributed by atoms with E-state index >= 15 is 0 Å². The van der Waals surface area contributed by atoms with Crippen molar-refractivity contribution in [2.45, 2.75) is 199 Å². The largest absolute Gasteiger partial charge is 0.462 e. The van der Waals surface area contributed by atoms with Crippen LogP contribution >= 0.6 is 0 Å². The Morgan fingerprint density at radius 1 is 0.382 bits per heavy atom. The van der Waals surface area contributed by atoms with Crippen molar-refractivity contribution >= 4 is 11.8 Å². The molecule has 0 heterocycles. The molecule has 0 aromatic carbocycles. The normalized spacial score (nSPS) is 14.7. The molecule has 0 amide bonds. The highest BCUT2D eigenvalue weighted by molar-refractivity contribution is 5.80. The van der Waals surface area contributed by atoms with E-state index in [9.17, 15) is 9.59 Å². The summed E-state index contributed by atoms with van der Waals surface area (Å²) in [6, 6.07) is 0. The smallest absolute Gasteiger partial charge is 0.302 e. The zero-order valence-corrected chi connectivity index (χ0v) is 37.9. The van der Waals surface area contributed by atoms with Gasteiger partial charge in [-0.3, -0.25) is 9.59 Å². The Bertz CT molecular complexity index is 1390. The predicted molar refractivity (Wildman–Crippen MR) is 243 cm³/mol. The van der Waals surface area contributed by atoms with Gasteiger partial charge in [0, 0.05) is 19.3 Å². The van der Waals surface area contributed by atoms with Crippen LogP contribution in [0.4, 0.5) is 0 Å². The highest BCUT2D eigenvalue weighted by Gasteiger charge is 2.12. The van der Waals surface area contributed by atoms with Gasteiger partial charge >= 0.3 is 5.97 Å². The van der Waals surface area contributed by atoms with Gasteiger partial charge in [0.15, 0.2) is 0 Å². The lowest BCUT2D eigenvalue weighted by Gasteiger charge is -2.10. The van der Waals surface area contributed by atoms with Crippen LogP contribution in [0.5, 0.6) is 0 Å². The van der Waals surface area contributed by atoms with E-state index in [1.54, 1.807) is 0 Å². The molecule has 0 radical (unpaired) electrons. The van der Waals surface area contributed by atoms with Crippen LogP contribution in [0.15, 0.2) is 105 Å². The first kappa shape index (κ1) is 51.8. The molecule has 3 heteroatoms. The molecule has 0 spiro atoms. The molecule has 1 unspecified atom stereocenters. The number of rotatable bonds is 30. The number of carbonyl (C=O) groups excluding carboxylic acids is 2. The third-order valence-corrected chi connectivity index (χ3v) is 10.4. The van der Waals surface area contributed by atoms with Gasteiger partial charge in [-0.1, -0.05) is 106 Å². The molecule has 0 aromatic heterocycles. The first-order chi connectivity index (χ1) is 26.1. The summed E-state index contributed by atoms with van der Waals surface area (Å²) in [5.41, 5.74) is 12.8. The summed E-state index contributed by atoms with van der Waals surface area (Å²) in [5, 5.41) is 0. The average Bonchev–Trinajstić information content (AvgIpc) is 3.10. The van der Waals surface area contributed by atoms with E-state index in [-0.39, 0.29) is 11.9 Å². The maximum Gasteiger partial charge on any atom is 0.302 e. The van der Waals surface area contributed by atoms with Crippen molar-refractivity contribution in [2.24, 2.45) is 5.92 Å². The zero-order valence-electron chi connectivity index (χ0n) is 37.9. The van der Waals surface area contributed by atoms with Gasteiger partial charge < -0.3 is 4.74 Å². The van der Waals surface area contributed by atoms with Gasteiger partial charge in [-0.2, -0.15) is 0 Å². The van der Waals surface area contributed by atoms with Crippen LogP contribution in [0, 0.1) is 5.92 Å². The van der Waals surface area contributed by atoms with Gasteiger partial charge in [0.25, 0.3) is 0 Å². The van der Waals surface area contributed by atoms with Gasteiger partial charge in [0.2, 0.25) is 0 Å². The Labute approximate surface area is 341 Å². The lowest BCUT2D eigenvalue weighted by atomic mass is 9.94. The number of Topliss-reactive ketones (excluding diaryl/α,β-unsaturated/α-hetero) is 1. The SMILES string of the molecule is CC(=O)OCC=C(C)CCC=C(C)CCC=C(C)CCC=C(C)CCC=C(C)CCC(=O)C(C)CCC=C(C)CCC=C(C)CCC=C(C)CCC=C(C)C. The fourth-order valence-electron chi connectivity index (χ4n) is 6.29. The molecule has 0 aliphatic heterocycles. The van der Waals surface area contributed by atoms with Crippen LogP contribution in [0.25, 0.3) is 0 Å². The minimum absolute atomic E-state index is 0.129. The number of ketones is 1. The van der Waals surface area contributed by atoms with Crippen molar-refractivity contribution in [2.75, 3.05) is 6.61 Å². The van der Waals surface area contributed by atoms with Crippen molar-refractivity contribution in [3.63, 3.8) is 0 Å². The van der Waals surface area contributed by atoms with E-state index in [0.717, 1.165) is 103 Å². The van der Waals surface area contributed by atoms with Gasteiger partial charge in [0.1, 0.15) is 12.4 Å². The van der Waals surface area contributed by atoms with Crippen molar-refractivity contribution in [3.8, 4) is 0 Å². The molecule has 0 fully saturated rings. The third-order valence-electron chi connectivity index (χ3n) is 10.4. The quantitative estimate of drug-likeness (QED) is 0.0541. The number of hydrogen-bond donors (Lipinski definition) is 0. The number of allylic oxidation sites excluding steroid dienone is 17. The number of esters is 1. The van der Waals surface area contributed by atoms with Gasteiger partial charge in [0.05, 0.1) is 0 Å². The van der Waals surface area contributed by atoms with Crippen LogP contribution in [0.3, 0.4) is 0 Å². The van der Waals surface area contributed by atoms with Crippen LogP contribution in [0.1, 0.15) is 199 Å². The minimum atomic E-state index is -0.232. The van der Waals surface area contributed by atoms with E-state index in [1.165, 1.54) is 63.5 Å². The van der Waals surface area contributed by atoms with Crippen molar-refractivity contribution in [3.05, 3.63) is 105 Å². The monoisotopic (exact) mass is 757 g/mol. The Hall–Kier alpha value is -3.20. The van der Waals surface area contributed by atoms with E-state index in [4.69, 9.17) is 4.74 Å². The molecule has 0 aromatic rings. The molecule has 0 aliphatic carbocycles.